The molecule has 0 radical (unpaired) electrons. The number of rotatable bonds is 3. The summed E-state index contributed by atoms with van der Waals surface area (Å²) >= 11 is 3.47. The number of aryl methyl sites for hydroxylation is 2. The summed E-state index contributed by atoms with van der Waals surface area (Å²) in [5.41, 5.74) is 4.03. The van der Waals surface area contributed by atoms with Crippen LogP contribution in [0.1, 0.15) is 49.2 Å². The summed E-state index contributed by atoms with van der Waals surface area (Å²) in [4.78, 5) is 40.9. The van der Waals surface area contributed by atoms with Gasteiger partial charge in [-0.3, -0.25) is 14.5 Å². The Hall–Kier alpha value is -3.71. The first-order valence-electron chi connectivity index (χ1n) is 10.7. The quantitative estimate of drug-likeness (QED) is 0.325. The highest BCUT2D eigenvalue weighted by molar-refractivity contribution is 9.10. The van der Waals surface area contributed by atoms with Crippen molar-refractivity contribution < 1.29 is 18.7 Å². The van der Waals surface area contributed by atoms with Crippen LogP contribution in [0.4, 0.5) is 5.69 Å². The third-order valence-electron chi connectivity index (χ3n) is 6.22. The van der Waals surface area contributed by atoms with Crippen LogP contribution in [0.5, 0.6) is 0 Å². The average molecular weight is 518 g/mol. The molecule has 0 bridgehead atoms. The maximum atomic E-state index is 13.8. The molecule has 1 aliphatic rings. The van der Waals surface area contributed by atoms with Crippen LogP contribution in [0.15, 0.2) is 74.3 Å². The number of ether oxygens (including phenoxy) is 1. The second kappa shape index (κ2) is 8.25. The van der Waals surface area contributed by atoms with Gasteiger partial charge < -0.3 is 9.15 Å². The van der Waals surface area contributed by atoms with Gasteiger partial charge in [0.15, 0.2) is 5.43 Å². The number of hydrogen-bond acceptors (Lipinski definition) is 5. The van der Waals surface area contributed by atoms with Gasteiger partial charge in [-0.25, -0.2) is 4.79 Å². The van der Waals surface area contributed by atoms with Gasteiger partial charge in [0.25, 0.3) is 5.91 Å². The molecule has 0 fully saturated rings. The molecule has 0 aliphatic carbocycles. The number of anilines is 1. The van der Waals surface area contributed by atoms with E-state index in [0.29, 0.717) is 27.8 Å². The molecule has 1 atom stereocenters. The van der Waals surface area contributed by atoms with Gasteiger partial charge in [-0.2, -0.15) is 0 Å². The Kier molecular flexibility index (Phi) is 5.37. The van der Waals surface area contributed by atoms with E-state index in [1.165, 1.54) is 7.11 Å². The van der Waals surface area contributed by atoms with Gasteiger partial charge in [0.1, 0.15) is 5.58 Å². The van der Waals surface area contributed by atoms with Gasteiger partial charge in [0.2, 0.25) is 5.76 Å². The maximum absolute atomic E-state index is 13.8. The van der Waals surface area contributed by atoms with Crippen LogP contribution in [0.2, 0.25) is 0 Å². The molecule has 6 nitrogen and oxygen atoms in total. The van der Waals surface area contributed by atoms with Gasteiger partial charge in [0, 0.05) is 10.2 Å². The lowest BCUT2D eigenvalue weighted by atomic mass is 9.96. The van der Waals surface area contributed by atoms with Gasteiger partial charge in [-0.05, 0) is 73.0 Å². The van der Waals surface area contributed by atoms with Crippen LogP contribution < -0.4 is 10.3 Å². The number of carbonyl (C=O) groups is 2. The van der Waals surface area contributed by atoms with E-state index in [1.54, 1.807) is 41.3 Å². The van der Waals surface area contributed by atoms with Crippen LogP contribution in [0, 0.1) is 13.8 Å². The maximum Gasteiger partial charge on any atom is 0.337 e. The summed E-state index contributed by atoms with van der Waals surface area (Å²) < 4.78 is 11.7. The van der Waals surface area contributed by atoms with E-state index < -0.39 is 17.9 Å². The molecular formula is C27H20BrNO5. The third kappa shape index (κ3) is 3.44. The fraction of sp³-hybridized carbons (Fsp3) is 0.148. The Balaban J connectivity index is 1.78. The Morgan fingerprint density at radius 1 is 1.00 bits per heavy atom. The minimum atomic E-state index is -0.717. The van der Waals surface area contributed by atoms with Crippen molar-refractivity contribution in [1.29, 1.82) is 0 Å². The van der Waals surface area contributed by atoms with Gasteiger partial charge >= 0.3 is 5.97 Å². The third-order valence-corrected chi connectivity index (χ3v) is 6.71. The van der Waals surface area contributed by atoms with E-state index in [4.69, 9.17) is 9.15 Å². The zero-order chi connectivity index (χ0) is 24.1. The minimum absolute atomic E-state index is 0.0303. The van der Waals surface area contributed by atoms with E-state index in [9.17, 15) is 14.4 Å². The molecule has 3 aromatic carbocycles. The molecule has 1 unspecified atom stereocenters. The predicted molar refractivity (Wildman–Crippen MR) is 133 cm³/mol. The number of methoxy groups -OCH3 is 1. The van der Waals surface area contributed by atoms with Crippen molar-refractivity contribution in [3.8, 4) is 0 Å². The summed E-state index contributed by atoms with van der Waals surface area (Å²) in [5.74, 6) is -0.829. The normalized spacial score (nSPS) is 15.0. The molecule has 34 heavy (non-hydrogen) atoms. The molecule has 0 spiro atoms. The zero-order valence-electron chi connectivity index (χ0n) is 18.7. The molecule has 0 saturated heterocycles. The molecule has 4 aromatic rings. The number of carbonyl (C=O) groups excluding carboxylic acids is 2. The smallest absolute Gasteiger partial charge is 0.337 e. The highest BCUT2D eigenvalue weighted by Crippen LogP contribution is 2.42. The number of hydrogen-bond donors (Lipinski definition) is 0. The first kappa shape index (κ1) is 22.1. The van der Waals surface area contributed by atoms with Crippen molar-refractivity contribution in [3.63, 3.8) is 0 Å². The van der Waals surface area contributed by atoms with Crippen LogP contribution in [-0.2, 0) is 4.74 Å². The second-order valence-electron chi connectivity index (χ2n) is 8.28. The molecule has 1 amide bonds. The van der Waals surface area contributed by atoms with Crippen molar-refractivity contribution in [2.75, 3.05) is 12.0 Å². The SMILES string of the molecule is COC(=O)c1ccc(C2c3c(oc4cc(C)c(C)cc4c3=O)C(=O)N2c2cccc(Br)c2)cc1. The first-order chi connectivity index (χ1) is 16.3. The van der Waals surface area contributed by atoms with Crippen molar-refractivity contribution in [2.24, 2.45) is 0 Å². The molecule has 5 rings (SSSR count). The van der Waals surface area contributed by atoms with Crippen molar-refractivity contribution in [1.82, 2.24) is 0 Å². The van der Waals surface area contributed by atoms with Crippen LogP contribution in [0.25, 0.3) is 11.0 Å². The summed E-state index contributed by atoms with van der Waals surface area (Å²) in [6.07, 6.45) is 0. The zero-order valence-corrected chi connectivity index (χ0v) is 20.3. The van der Waals surface area contributed by atoms with Crippen molar-refractivity contribution >= 4 is 44.5 Å². The summed E-state index contributed by atoms with van der Waals surface area (Å²) in [6, 6.07) is 16.9. The number of amides is 1. The van der Waals surface area contributed by atoms with E-state index in [-0.39, 0.29) is 16.8 Å². The molecule has 2 heterocycles. The van der Waals surface area contributed by atoms with Crippen molar-refractivity contribution in [2.45, 2.75) is 19.9 Å². The topological polar surface area (TPSA) is 76.8 Å². The molecule has 1 aromatic heterocycles. The number of benzene rings is 3. The number of nitrogens with zero attached hydrogens (tertiary/aromatic N) is 1. The molecule has 1 aliphatic heterocycles. The molecule has 0 saturated carbocycles. The van der Waals surface area contributed by atoms with E-state index in [1.807, 2.05) is 38.1 Å². The molecule has 170 valence electrons. The first-order valence-corrected chi connectivity index (χ1v) is 11.4. The molecule has 7 heteroatoms. The Morgan fingerprint density at radius 2 is 1.71 bits per heavy atom. The number of halogens is 1. The molecule has 0 N–H and O–H groups in total. The summed E-state index contributed by atoms with van der Waals surface area (Å²) in [6.45, 7) is 3.87. The Labute approximate surface area is 203 Å². The highest BCUT2D eigenvalue weighted by Gasteiger charge is 2.43. The highest BCUT2D eigenvalue weighted by atomic mass is 79.9. The lowest BCUT2D eigenvalue weighted by Crippen LogP contribution is -2.29. The average Bonchev–Trinajstić information content (AvgIpc) is 3.12. The lowest BCUT2D eigenvalue weighted by Gasteiger charge is -2.25. The van der Waals surface area contributed by atoms with Gasteiger partial charge in [-0.15, -0.1) is 0 Å². The van der Waals surface area contributed by atoms with E-state index in [2.05, 4.69) is 15.9 Å². The number of esters is 1. The lowest BCUT2D eigenvalue weighted by molar-refractivity contribution is 0.0600. The largest absolute Gasteiger partial charge is 0.465 e. The Bertz CT molecular complexity index is 1540. The Morgan fingerprint density at radius 3 is 2.38 bits per heavy atom. The molecular weight excluding hydrogens is 498 g/mol. The van der Waals surface area contributed by atoms with Gasteiger partial charge in [0.05, 0.1) is 29.7 Å². The van der Waals surface area contributed by atoms with E-state index >= 15 is 0 Å². The minimum Gasteiger partial charge on any atom is -0.465 e. The summed E-state index contributed by atoms with van der Waals surface area (Å²) in [5, 5.41) is 0.432. The summed E-state index contributed by atoms with van der Waals surface area (Å²) in [7, 11) is 1.32. The fourth-order valence-corrected chi connectivity index (χ4v) is 4.74. The second-order valence-corrected chi connectivity index (χ2v) is 9.19. The number of fused-ring (bicyclic) bond motifs is 2. The predicted octanol–water partition coefficient (Wildman–Crippen LogP) is 5.71. The van der Waals surface area contributed by atoms with Crippen LogP contribution >= 0.6 is 15.9 Å². The van der Waals surface area contributed by atoms with E-state index in [0.717, 1.165) is 15.6 Å². The fourth-order valence-electron chi connectivity index (χ4n) is 4.36. The standard InChI is InChI=1S/C27H20BrNO5/c1-14-11-20-21(12-15(14)2)34-25-22(24(20)30)23(16-7-9-17(10-8-16)27(32)33-3)29(26(25)31)19-6-4-5-18(28)13-19/h4-13,23H,1-3H3. The van der Waals surface area contributed by atoms with Crippen molar-refractivity contribution in [3.05, 3.63) is 109 Å². The van der Waals surface area contributed by atoms with Gasteiger partial charge in [-0.1, -0.05) is 34.1 Å². The van der Waals surface area contributed by atoms with Crippen LogP contribution in [-0.4, -0.2) is 19.0 Å². The monoisotopic (exact) mass is 517 g/mol. The van der Waals surface area contributed by atoms with Crippen LogP contribution in [0.3, 0.4) is 0 Å².